The van der Waals surface area contributed by atoms with Crippen LogP contribution in [-0.2, 0) is 19.6 Å². The van der Waals surface area contributed by atoms with Gasteiger partial charge >= 0.3 is 0 Å². The molecule has 0 aliphatic rings. The first-order valence-electron chi connectivity index (χ1n) is 6.80. The van der Waals surface area contributed by atoms with Gasteiger partial charge in [-0.15, -0.1) is 0 Å². The maximum Gasteiger partial charge on any atom is 0.188 e. The second kappa shape index (κ2) is 6.16. The second-order valence-electron chi connectivity index (χ2n) is 6.44. The van der Waals surface area contributed by atoms with E-state index in [9.17, 15) is 9.19 Å². The Morgan fingerprint density at radius 3 is 2.16 bits per heavy atom. The minimum Gasteiger partial charge on any atom is -0.432 e. The van der Waals surface area contributed by atoms with Gasteiger partial charge in [0.25, 0.3) is 0 Å². The van der Waals surface area contributed by atoms with E-state index in [4.69, 9.17) is 5.73 Å². The molecule has 0 spiro atoms. The number of halogens is 1. The van der Waals surface area contributed by atoms with E-state index >= 15 is 0 Å². The molecule has 2 nitrogen and oxygen atoms in total. The lowest BCUT2D eigenvalue weighted by Crippen LogP contribution is -2.39. The summed E-state index contributed by atoms with van der Waals surface area (Å²) in [6.45, 7) is 8.14. The summed E-state index contributed by atoms with van der Waals surface area (Å²) in [5.74, 6) is 0. The third kappa shape index (κ3) is 4.40. The fraction of sp³-hybridized carbons (Fsp3) is 0.600. The molecule has 108 valence electrons. The van der Waals surface area contributed by atoms with E-state index in [0.29, 0.717) is 12.1 Å². The van der Waals surface area contributed by atoms with Crippen molar-refractivity contribution in [3.8, 4) is 0 Å². The standard InChI is InChI=1S/C15H26FNOSi/c1-15(2,19(3,4)18)6-5-12-7-13(10-16)9-14(8-12)11-17/h7-9,18H,5-6,10-11,17H2,1-4H3. The lowest BCUT2D eigenvalue weighted by atomic mass is 9.98. The molecule has 3 N–H and O–H groups in total. The molecule has 0 fully saturated rings. The number of nitrogens with two attached hydrogens (primary N) is 1. The molecule has 4 heteroatoms. The maximum absolute atomic E-state index is 12.8. The highest BCUT2D eigenvalue weighted by Crippen LogP contribution is 2.39. The van der Waals surface area contributed by atoms with Gasteiger partial charge in [0.2, 0.25) is 0 Å². The number of aryl methyl sites for hydroxylation is 1. The van der Waals surface area contributed by atoms with Gasteiger partial charge in [0.05, 0.1) is 0 Å². The number of hydrogen-bond donors (Lipinski definition) is 2. The molecule has 0 aromatic heterocycles. The quantitative estimate of drug-likeness (QED) is 0.785. The van der Waals surface area contributed by atoms with Crippen LogP contribution in [0.15, 0.2) is 18.2 Å². The van der Waals surface area contributed by atoms with E-state index in [-0.39, 0.29) is 5.04 Å². The third-order valence-corrected chi connectivity index (χ3v) is 7.76. The van der Waals surface area contributed by atoms with Crippen LogP contribution >= 0.6 is 0 Å². The van der Waals surface area contributed by atoms with Gasteiger partial charge in [-0.2, -0.15) is 0 Å². The zero-order valence-electron chi connectivity index (χ0n) is 12.5. The van der Waals surface area contributed by atoms with Gasteiger partial charge < -0.3 is 10.5 Å². The first-order chi connectivity index (χ1) is 8.69. The molecular formula is C15H26FNOSi. The lowest BCUT2D eigenvalue weighted by Gasteiger charge is -2.35. The summed E-state index contributed by atoms with van der Waals surface area (Å²) in [7, 11) is -2.18. The Morgan fingerprint density at radius 2 is 1.68 bits per heavy atom. The Hall–Kier alpha value is -0.713. The predicted octanol–water partition coefficient (Wildman–Crippen LogP) is 3.53. The van der Waals surface area contributed by atoms with E-state index in [0.717, 1.165) is 24.0 Å². The molecule has 0 unspecified atom stereocenters. The van der Waals surface area contributed by atoms with Crippen LogP contribution in [0.25, 0.3) is 0 Å². The summed E-state index contributed by atoms with van der Waals surface area (Å²) in [4.78, 5) is 10.3. The van der Waals surface area contributed by atoms with E-state index in [1.807, 2.05) is 31.3 Å². The van der Waals surface area contributed by atoms with Gasteiger partial charge in [-0.1, -0.05) is 32.0 Å². The first-order valence-corrected chi connectivity index (χ1v) is 9.74. The molecule has 0 saturated heterocycles. The van der Waals surface area contributed by atoms with E-state index in [1.54, 1.807) is 0 Å². The van der Waals surface area contributed by atoms with Crippen LogP contribution in [0.2, 0.25) is 18.1 Å². The minimum atomic E-state index is -2.18. The molecule has 0 saturated carbocycles. The number of alkyl halides is 1. The van der Waals surface area contributed by atoms with Crippen LogP contribution in [0.4, 0.5) is 4.39 Å². The summed E-state index contributed by atoms with van der Waals surface area (Å²) < 4.78 is 12.8. The van der Waals surface area contributed by atoms with Crippen molar-refractivity contribution >= 4 is 8.32 Å². The Balaban J connectivity index is 2.83. The molecule has 19 heavy (non-hydrogen) atoms. The number of hydrogen-bond acceptors (Lipinski definition) is 2. The molecule has 1 rings (SSSR count). The van der Waals surface area contributed by atoms with Crippen LogP contribution in [-0.4, -0.2) is 13.1 Å². The zero-order valence-corrected chi connectivity index (χ0v) is 13.5. The van der Waals surface area contributed by atoms with Gasteiger partial charge in [-0.3, -0.25) is 0 Å². The van der Waals surface area contributed by atoms with Crippen molar-refractivity contribution in [2.24, 2.45) is 5.73 Å². The zero-order chi connectivity index (χ0) is 14.7. The molecule has 1 aromatic rings. The normalized spacial score (nSPS) is 12.8. The van der Waals surface area contributed by atoms with Crippen molar-refractivity contribution in [3.63, 3.8) is 0 Å². The fourth-order valence-corrected chi connectivity index (χ4v) is 2.68. The van der Waals surface area contributed by atoms with Crippen molar-refractivity contribution in [1.29, 1.82) is 0 Å². The van der Waals surface area contributed by atoms with Crippen molar-refractivity contribution < 1.29 is 9.19 Å². The van der Waals surface area contributed by atoms with E-state index < -0.39 is 15.0 Å². The van der Waals surface area contributed by atoms with Crippen LogP contribution in [0.3, 0.4) is 0 Å². The summed E-state index contributed by atoms with van der Waals surface area (Å²) >= 11 is 0. The largest absolute Gasteiger partial charge is 0.432 e. The molecular weight excluding hydrogens is 257 g/mol. The molecule has 0 heterocycles. The van der Waals surface area contributed by atoms with Gasteiger partial charge in [0.15, 0.2) is 8.32 Å². The van der Waals surface area contributed by atoms with Crippen molar-refractivity contribution in [2.45, 2.75) is 58.0 Å². The Morgan fingerprint density at radius 1 is 1.16 bits per heavy atom. The average Bonchev–Trinajstić information content (AvgIpc) is 2.34. The molecule has 0 aliphatic carbocycles. The van der Waals surface area contributed by atoms with Crippen LogP contribution in [0.1, 0.15) is 37.0 Å². The Kier molecular flexibility index (Phi) is 5.30. The molecule has 0 radical (unpaired) electrons. The number of rotatable bonds is 6. The predicted molar refractivity (Wildman–Crippen MR) is 81.2 cm³/mol. The van der Waals surface area contributed by atoms with Gasteiger partial charge in [0.1, 0.15) is 6.67 Å². The summed E-state index contributed by atoms with van der Waals surface area (Å²) in [5, 5.41) is -0.0540. The minimum absolute atomic E-state index is 0.0540. The van der Waals surface area contributed by atoms with E-state index in [1.165, 1.54) is 0 Å². The van der Waals surface area contributed by atoms with Crippen molar-refractivity contribution in [1.82, 2.24) is 0 Å². The lowest BCUT2D eigenvalue weighted by molar-refractivity contribution is 0.451. The first kappa shape index (κ1) is 16.3. The smallest absolute Gasteiger partial charge is 0.188 e. The molecule has 0 atom stereocenters. The average molecular weight is 283 g/mol. The number of benzene rings is 1. The molecule has 0 amide bonds. The Labute approximate surface area is 117 Å². The highest BCUT2D eigenvalue weighted by molar-refractivity contribution is 6.72. The summed E-state index contributed by atoms with van der Waals surface area (Å²) in [6.07, 6.45) is 1.76. The second-order valence-corrected chi connectivity index (χ2v) is 10.9. The highest BCUT2D eigenvalue weighted by atomic mass is 28.4. The van der Waals surface area contributed by atoms with Crippen molar-refractivity contribution in [2.75, 3.05) is 0 Å². The highest BCUT2D eigenvalue weighted by Gasteiger charge is 2.37. The van der Waals surface area contributed by atoms with Gasteiger partial charge in [-0.25, -0.2) is 4.39 Å². The molecule has 0 aliphatic heterocycles. The van der Waals surface area contributed by atoms with Gasteiger partial charge in [0, 0.05) is 6.54 Å². The van der Waals surface area contributed by atoms with Crippen LogP contribution in [0, 0.1) is 0 Å². The Bertz CT molecular complexity index is 404. The summed E-state index contributed by atoms with van der Waals surface area (Å²) in [5.41, 5.74) is 8.42. The molecule has 1 aromatic carbocycles. The SMILES string of the molecule is CC(C)(CCc1cc(CN)cc(CF)c1)[Si](C)(C)O. The monoisotopic (exact) mass is 283 g/mol. The molecule has 0 bridgehead atoms. The topological polar surface area (TPSA) is 46.2 Å². The summed E-state index contributed by atoms with van der Waals surface area (Å²) in [6, 6.07) is 5.77. The van der Waals surface area contributed by atoms with Crippen molar-refractivity contribution in [3.05, 3.63) is 34.9 Å². The van der Waals surface area contributed by atoms with Crippen LogP contribution in [0.5, 0.6) is 0 Å². The van der Waals surface area contributed by atoms with Crippen LogP contribution < -0.4 is 5.73 Å². The third-order valence-electron chi connectivity index (χ3n) is 4.20. The van der Waals surface area contributed by atoms with Gasteiger partial charge in [-0.05, 0) is 47.7 Å². The van der Waals surface area contributed by atoms with E-state index in [2.05, 4.69) is 13.8 Å². The fourth-order valence-electron chi connectivity index (χ4n) is 1.94. The maximum atomic E-state index is 12.8.